The second-order valence-electron chi connectivity index (χ2n) is 4.47. The van der Waals surface area contributed by atoms with Crippen molar-refractivity contribution in [1.82, 2.24) is 15.5 Å². The molecule has 0 aromatic rings. The zero-order valence-electron chi connectivity index (χ0n) is 8.75. The van der Waals surface area contributed by atoms with Gasteiger partial charge in [-0.15, -0.1) is 0 Å². The Kier molecular flexibility index (Phi) is 3.03. The van der Waals surface area contributed by atoms with Gasteiger partial charge in [-0.25, -0.2) is 0 Å². The highest BCUT2D eigenvalue weighted by Gasteiger charge is 2.23. The molecule has 14 heavy (non-hydrogen) atoms. The van der Waals surface area contributed by atoms with Crippen molar-refractivity contribution in [2.75, 3.05) is 26.7 Å². The van der Waals surface area contributed by atoms with Crippen LogP contribution >= 0.6 is 0 Å². The molecule has 1 saturated carbocycles. The van der Waals surface area contributed by atoms with Gasteiger partial charge >= 0.3 is 0 Å². The number of hydrogen-bond acceptors (Lipinski definition) is 3. The molecular formula is C10H19N3O. The van der Waals surface area contributed by atoms with Crippen LogP contribution in [-0.2, 0) is 4.79 Å². The number of carbonyl (C=O) groups is 1. The molecule has 1 unspecified atom stereocenters. The summed E-state index contributed by atoms with van der Waals surface area (Å²) in [5.74, 6) is 0.150. The van der Waals surface area contributed by atoms with E-state index in [1.54, 1.807) is 0 Å². The number of likely N-dealkylation sites (N-methyl/N-ethyl adjacent to an activating group) is 1. The summed E-state index contributed by atoms with van der Waals surface area (Å²) in [5.41, 5.74) is 0. The normalized spacial score (nSPS) is 27.9. The third kappa shape index (κ3) is 2.96. The van der Waals surface area contributed by atoms with Crippen molar-refractivity contribution >= 4 is 5.91 Å². The molecule has 2 fully saturated rings. The number of amides is 1. The third-order valence-electron chi connectivity index (χ3n) is 2.89. The van der Waals surface area contributed by atoms with Gasteiger partial charge < -0.3 is 15.5 Å². The van der Waals surface area contributed by atoms with Crippen LogP contribution in [0.4, 0.5) is 0 Å². The van der Waals surface area contributed by atoms with Crippen LogP contribution in [0.5, 0.6) is 0 Å². The van der Waals surface area contributed by atoms with Crippen molar-refractivity contribution in [2.24, 2.45) is 0 Å². The minimum Gasteiger partial charge on any atom is -0.351 e. The molecule has 4 nitrogen and oxygen atoms in total. The molecule has 0 radical (unpaired) electrons. The van der Waals surface area contributed by atoms with Crippen LogP contribution in [0.15, 0.2) is 0 Å². The van der Waals surface area contributed by atoms with E-state index in [1.165, 1.54) is 12.8 Å². The van der Waals surface area contributed by atoms with Crippen molar-refractivity contribution in [3.8, 4) is 0 Å². The van der Waals surface area contributed by atoms with Gasteiger partial charge in [-0.1, -0.05) is 0 Å². The molecule has 0 aromatic carbocycles. The predicted octanol–water partition coefficient (Wildman–Crippen LogP) is -0.441. The first-order valence-electron chi connectivity index (χ1n) is 5.45. The van der Waals surface area contributed by atoms with Gasteiger partial charge in [-0.05, 0) is 32.9 Å². The SMILES string of the molecule is CN1CCC(NC(=O)CNC2CC2)C1. The van der Waals surface area contributed by atoms with E-state index in [9.17, 15) is 4.79 Å². The van der Waals surface area contributed by atoms with E-state index in [0.29, 0.717) is 18.6 Å². The van der Waals surface area contributed by atoms with Gasteiger partial charge in [0, 0.05) is 18.6 Å². The maximum absolute atomic E-state index is 11.4. The molecule has 1 aliphatic heterocycles. The van der Waals surface area contributed by atoms with Gasteiger partial charge in [0.1, 0.15) is 0 Å². The lowest BCUT2D eigenvalue weighted by Crippen LogP contribution is -2.41. The minimum atomic E-state index is 0.150. The maximum atomic E-state index is 11.4. The summed E-state index contributed by atoms with van der Waals surface area (Å²) in [5, 5.41) is 6.27. The lowest BCUT2D eigenvalue weighted by Gasteiger charge is -2.12. The molecular weight excluding hydrogens is 178 g/mol. The molecule has 2 aliphatic rings. The standard InChI is InChI=1S/C10H19N3O/c1-13-5-4-9(7-13)12-10(14)6-11-8-2-3-8/h8-9,11H,2-7H2,1H3,(H,12,14). The first kappa shape index (κ1) is 9.93. The van der Waals surface area contributed by atoms with E-state index < -0.39 is 0 Å². The van der Waals surface area contributed by atoms with Crippen LogP contribution in [0, 0.1) is 0 Å². The Labute approximate surface area is 85.0 Å². The molecule has 1 aliphatic carbocycles. The van der Waals surface area contributed by atoms with Crippen molar-refractivity contribution in [2.45, 2.75) is 31.3 Å². The highest BCUT2D eigenvalue weighted by molar-refractivity contribution is 5.78. The Morgan fingerprint density at radius 3 is 2.71 bits per heavy atom. The molecule has 2 N–H and O–H groups in total. The van der Waals surface area contributed by atoms with E-state index in [4.69, 9.17) is 0 Å². The summed E-state index contributed by atoms with van der Waals surface area (Å²) >= 11 is 0. The quantitative estimate of drug-likeness (QED) is 0.642. The Balaban J connectivity index is 1.61. The third-order valence-corrected chi connectivity index (χ3v) is 2.89. The molecule has 0 bridgehead atoms. The maximum Gasteiger partial charge on any atom is 0.234 e. The molecule has 1 saturated heterocycles. The fraction of sp³-hybridized carbons (Fsp3) is 0.900. The number of hydrogen-bond donors (Lipinski definition) is 2. The molecule has 4 heteroatoms. The predicted molar refractivity (Wildman–Crippen MR) is 55.1 cm³/mol. The van der Waals surface area contributed by atoms with Gasteiger partial charge in [0.05, 0.1) is 6.54 Å². The Bertz CT molecular complexity index is 215. The number of likely N-dealkylation sites (tertiary alicyclic amines) is 1. The van der Waals surface area contributed by atoms with Gasteiger partial charge in [-0.3, -0.25) is 4.79 Å². The number of nitrogens with one attached hydrogen (secondary N) is 2. The van der Waals surface area contributed by atoms with Gasteiger partial charge in [0.15, 0.2) is 0 Å². The highest BCUT2D eigenvalue weighted by atomic mass is 16.2. The highest BCUT2D eigenvalue weighted by Crippen LogP contribution is 2.17. The zero-order valence-corrected chi connectivity index (χ0v) is 8.75. The average molecular weight is 197 g/mol. The van der Waals surface area contributed by atoms with E-state index in [2.05, 4.69) is 22.6 Å². The summed E-state index contributed by atoms with van der Waals surface area (Å²) in [4.78, 5) is 13.7. The fourth-order valence-electron chi connectivity index (χ4n) is 1.86. The minimum absolute atomic E-state index is 0.150. The summed E-state index contributed by atoms with van der Waals surface area (Å²) in [6.45, 7) is 2.58. The van der Waals surface area contributed by atoms with Crippen molar-refractivity contribution in [3.63, 3.8) is 0 Å². The second kappa shape index (κ2) is 4.28. The lowest BCUT2D eigenvalue weighted by molar-refractivity contribution is -0.120. The first-order chi connectivity index (χ1) is 6.74. The second-order valence-corrected chi connectivity index (χ2v) is 4.47. The lowest BCUT2D eigenvalue weighted by atomic mass is 10.2. The first-order valence-corrected chi connectivity index (χ1v) is 5.45. The van der Waals surface area contributed by atoms with E-state index >= 15 is 0 Å². The summed E-state index contributed by atoms with van der Waals surface area (Å²) in [6.07, 6.45) is 3.56. The number of nitrogens with zero attached hydrogens (tertiary/aromatic N) is 1. The van der Waals surface area contributed by atoms with Crippen LogP contribution < -0.4 is 10.6 Å². The van der Waals surface area contributed by atoms with Crippen LogP contribution in [-0.4, -0.2) is 49.6 Å². The number of carbonyl (C=O) groups excluding carboxylic acids is 1. The van der Waals surface area contributed by atoms with E-state index in [0.717, 1.165) is 19.5 Å². The Hall–Kier alpha value is -0.610. The molecule has 0 aromatic heterocycles. The van der Waals surface area contributed by atoms with Crippen molar-refractivity contribution < 1.29 is 4.79 Å². The molecule has 1 atom stereocenters. The van der Waals surface area contributed by atoms with Crippen LogP contribution in [0.25, 0.3) is 0 Å². The van der Waals surface area contributed by atoms with Gasteiger partial charge in [0.2, 0.25) is 5.91 Å². The fourth-order valence-corrected chi connectivity index (χ4v) is 1.86. The molecule has 80 valence electrons. The average Bonchev–Trinajstić information content (AvgIpc) is 2.88. The van der Waals surface area contributed by atoms with Gasteiger partial charge in [0.25, 0.3) is 0 Å². The van der Waals surface area contributed by atoms with Crippen LogP contribution in [0.2, 0.25) is 0 Å². The molecule has 0 spiro atoms. The summed E-state index contributed by atoms with van der Waals surface area (Å²) in [7, 11) is 2.09. The summed E-state index contributed by atoms with van der Waals surface area (Å²) in [6, 6.07) is 0.987. The number of rotatable bonds is 4. The summed E-state index contributed by atoms with van der Waals surface area (Å²) < 4.78 is 0. The monoisotopic (exact) mass is 197 g/mol. The molecule has 1 amide bonds. The van der Waals surface area contributed by atoms with Gasteiger partial charge in [-0.2, -0.15) is 0 Å². The van der Waals surface area contributed by atoms with E-state index in [1.807, 2.05) is 0 Å². The van der Waals surface area contributed by atoms with Crippen LogP contribution in [0.1, 0.15) is 19.3 Å². The van der Waals surface area contributed by atoms with Crippen molar-refractivity contribution in [1.29, 1.82) is 0 Å². The smallest absolute Gasteiger partial charge is 0.234 e. The Morgan fingerprint density at radius 2 is 2.14 bits per heavy atom. The molecule has 2 rings (SSSR count). The van der Waals surface area contributed by atoms with E-state index in [-0.39, 0.29) is 5.91 Å². The topological polar surface area (TPSA) is 44.4 Å². The zero-order chi connectivity index (χ0) is 9.97. The van der Waals surface area contributed by atoms with Crippen LogP contribution in [0.3, 0.4) is 0 Å². The van der Waals surface area contributed by atoms with Crippen molar-refractivity contribution in [3.05, 3.63) is 0 Å². The molecule has 1 heterocycles. The largest absolute Gasteiger partial charge is 0.351 e. The Morgan fingerprint density at radius 1 is 1.36 bits per heavy atom.